The molecule has 0 fully saturated rings. The summed E-state index contributed by atoms with van der Waals surface area (Å²) in [6.45, 7) is 8.50. The molecule has 0 aliphatic heterocycles. The minimum absolute atomic E-state index is 0.216. The molecular formula is C17H25NO3. The molecule has 0 aromatic heterocycles. The Balaban J connectivity index is 2.69. The van der Waals surface area contributed by atoms with Crippen LogP contribution in [0.3, 0.4) is 0 Å². The first-order valence-corrected chi connectivity index (χ1v) is 7.49. The van der Waals surface area contributed by atoms with Crippen molar-refractivity contribution in [3.05, 3.63) is 35.4 Å². The first kappa shape index (κ1) is 17.2. The number of hydrogen-bond donors (Lipinski definition) is 1. The van der Waals surface area contributed by atoms with Crippen LogP contribution < -0.4 is 5.32 Å². The minimum atomic E-state index is -0.721. The van der Waals surface area contributed by atoms with E-state index < -0.39 is 12.1 Å². The van der Waals surface area contributed by atoms with Crippen LogP contribution in [0, 0.1) is 12.8 Å². The van der Waals surface area contributed by atoms with Crippen molar-refractivity contribution in [2.24, 2.45) is 5.92 Å². The summed E-state index contributed by atoms with van der Waals surface area (Å²) in [5, 5.41) is 2.82. The van der Waals surface area contributed by atoms with E-state index in [1.807, 2.05) is 33.8 Å². The Labute approximate surface area is 126 Å². The molecule has 0 spiro atoms. The SMILES string of the molecule is CCCC(OC(=O)c1cccc(C)c1)C(=O)NCC(C)C. The summed E-state index contributed by atoms with van der Waals surface area (Å²) in [4.78, 5) is 24.2. The minimum Gasteiger partial charge on any atom is -0.449 e. The van der Waals surface area contributed by atoms with Gasteiger partial charge in [0, 0.05) is 6.54 Å². The van der Waals surface area contributed by atoms with E-state index in [9.17, 15) is 9.59 Å². The predicted molar refractivity (Wildman–Crippen MR) is 83.1 cm³/mol. The maximum Gasteiger partial charge on any atom is 0.338 e. The van der Waals surface area contributed by atoms with Crippen molar-refractivity contribution in [2.45, 2.75) is 46.6 Å². The average molecular weight is 291 g/mol. The molecule has 1 rings (SSSR count). The maximum atomic E-state index is 12.1. The summed E-state index contributed by atoms with van der Waals surface area (Å²) in [7, 11) is 0. The predicted octanol–water partition coefficient (Wildman–Crippen LogP) is 3.09. The van der Waals surface area contributed by atoms with Gasteiger partial charge < -0.3 is 10.1 Å². The molecule has 0 saturated heterocycles. The molecule has 1 aromatic rings. The van der Waals surface area contributed by atoms with Gasteiger partial charge in [-0.15, -0.1) is 0 Å². The second-order valence-electron chi connectivity index (χ2n) is 5.69. The Kier molecular flexibility index (Phi) is 6.92. The van der Waals surface area contributed by atoms with Crippen molar-refractivity contribution < 1.29 is 14.3 Å². The molecule has 21 heavy (non-hydrogen) atoms. The lowest BCUT2D eigenvalue weighted by atomic mass is 10.1. The largest absolute Gasteiger partial charge is 0.449 e. The van der Waals surface area contributed by atoms with Gasteiger partial charge in [0.25, 0.3) is 5.91 Å². The Morgan fingerprint density at radius 1 is 1.29 bits per heavy atom. The first-order chi connectivity index (χ1) is 9.93. The number of rotatable bonds is 7. The normalized spacial score (nSPS) is 12.0. The Hall–Kier alpha value is -1.84. The van der Waals surface area contributed by atoms with Crippen LogP contribution in [-0.2, 0) is 9.53 Å². The molecule has 4 nitrogen and oxygen atoms in total. The number of esters is 1. The number of hydrogen-bond acceptors (Lipinski definition) is 3. The second-order valence-corrected chi connectivity index (χ2v) is 5.69. The van der Waals surface area contributed by atoms with Crippen molar-refractivity contribution in [1.82, 2.24) is 5.32 Å². The van der Waals surface area contributed by atoms with Crippen LogP contribution in [-0.4, -0.2) is 24.5 Å². The van der Waals surface area contributed by atoms with E-state index in [0.29, 0.717) is 24.4 Å². The van der Waals surface area contributed by atoms with E-state index in [-0.39, 0.29) is 5.91 Å². The van der Waals surface area contributed by atoms with Gasteiger partial charge in [0.05, 0.1) is 5.56 Å². The summed E-state index contributed by atoms with van der Waals surface area (Å²) in [5.74, 6) is -0.299. The molecule has 116 valence electrons. The van der Waals surface area contributed by atoms with E-state index >= 15 is 0 Å². The molecule has 4 heteroatoms. The second kappa shape index (κ2) is 8.45. The molecule has 1 unspecified atom stereocenters. The van der Waals surface area contributed by atoms with E-state index in [2.05, 4.69) is 5.32 Å². The summed E-state index contributed by atoms with van der Waals surface area (Å²) in [6.07, 6.45) is 0.587. The van der Waals surface area contributed by atoms with Gasteiger partial charge in [-0.05, 0) is 31.4 Å². The van der Waals surface area contributed by atoms with Crippen molar-refractivity contribution in [3.8, 4) is 0 Å². The number of carbonyl (C=O) groups is 2. The Morgan fingerprint density at radius 2 is 2.00 bits per heavy atom. The highest BCUT2D eigenvalue weighted by Crippen LogP contribution is 2.10. The molecule has 0 heterocycles. The molecule has 0 aliphatic carbocycles. The zero-order valence-corrected chi connectivity index (χ0v) is 13.3. The van der Waals surface area contributed by atoms with Gasteiger partial charge in [-0.3, -0.25) is 4.79 Å². The summed E-state index contributed by atoms with van der Waals surface area (Å²) in [5.41, 5.74) is 1.47. The van der Waals surface area contributed by atoms with Crippen molar-refractivity contribution in [1.29, 1.82) is 0 Å². The number of aryl methyl sites for hydroxylation is 1. The smallest absolute Gasteiger partial charge is 0.338 e. The summed E-state index contributed by atoms with van der Waals surface area (Å²) in [6, 6.07) is 7.18. The molecule has 1 N–H and O–H groups in total. The number of ether oxygens (including phenoxy) is 1. The average Bonchev–Trinajstić information content (AvgIpc) is 2.44. The maximum absolute atomic E-state index is 12.1. The number of benzene rings is 1. The molecule has 1 aromatic carbocycles. The van der Waals surface area contributed by atoms with E-state index in [1.165, 1.54) is 0 Å². The highest BCUT2D eigenvalue weighted by molar-refractivity contribution is 5.92. The third-order valence-electron chi connectivity index (χ3n) is 3.03. The summed E-state index contributed by atoms with van der Waals surface area (Å²) < 4.78 is 5.38. The topological polar surface area (TPSA) is 55.4 Å². The fourth-order valence-corrected chi connectivity index (χ4v) is 1.89. The lowest BCUT2D eigenvalue weighted by Gasteiger charge is -2.18. The fraction of sp³-hybridized carbons (Fsp3) is 0.529. The molecule has 0 bridgehead atoms. The molecule has 0 saturated carbocycles. The zero-order chi connectivity index (χ0) is 15.8. The van der Waals surface area contributed by atoms with E-state index in [4.69, 9.17) is 4.74 Å². The molecule has 0 radical (unpaired) electrons. The van der Waals surface area contributed by atoms with E-state index in [0.717, 1.165) is 12.0 Å². The van der Waals surface area contributed by atoms with Crippen LogP contribution in [0.1, 0.15) is 49.5 Å². The van der Waals surface area contributed by atoms with Crippen molar-refractivity contribution in [3.63, 3.8) is 0 Å². The third kappa shape index (κ3) is 5.98. The lowest BCUT2D eigenvalue weighted by Crippen LogP contribution is -2.39. The highest BCUT2D eigenvalue weighted by atomic mass is 16.5. The molecule has 1 amide bonds. The van der Waals surface area contributed by atoms with Gasteiger partial charge >= 0.3 is 5.97 Å². The fourth-order valence-electron chi connectivity index (χ4n) is 1.89. The van der Waals surface area contributed by atoms with E-state index in [1.54, 1.807) is 18.2 Å². The Bertz CT molecular complexity index is 483. The number of amides is 1. The van der Waals surface area contributed by atoms with Gasteiger partial charge in [0.1, 0.15) is 0 Å². The van der Waals surface area contributed by atoms with Crippen LogP contribution in [0.25, 0.3) is 0 Å². The molecular weight excluding hydrogens is 266 g/mol. The van der Waals surface area contributed by atoms with Crippen molar-refractivity contribution in [2.75, 3.05) is 6.54 Å². The van der Waals surface area contributed by atoms with Crippen LogP contribution in [0.5, 0.6) is 0 Å². The standard InChI is InChI=1S/C17H25NO3/c1-5-7-15(16(19)18-11-12(2)3)21-17(20)14-9-6-8-13(4)10-14/h6,8-10,12,15H,5,7,11H2,1-4H3,(H,18,19). The highest BCUT2D eigenvalue weighted by Gasteiger charge is 2.22. The van der Waals surface area contributed by atoms with Crippen molar-refractivity contribution >= 4 is 11.9 Å². The number of nitrogens with one attached hydrogen (secondary N) is 1. The van der Waals surface area contributed by atoms with Gasteiger partial charge in [-0.1, -0.05) is 44.9 Å². The molecule has 1 atom stereocenters. The van der Waals surface area contributed by atoms with Gasteiger partial charge in [-0.25, -0.2) is 4.79 Å². The quantitative estimate of drug-likeness (QED) is 0.785. The lowest BCUT2D eigenvalue weighted by molar-refractivity contribution is -0.130. The van der Waals surface area contributed by atoms with Gasteiger partial charge in [-0.2, -0.15) is 0 Å². The van der Waals surface area contributed by atoms with Crippen LogP contribution >= 0.6 is 0 Å². The van der Waals surface area contributed by atoms with Crippen LogP contribution in [0.4, 0.5) is 0 Å². The van der Waals surface area contributed by atoms with Gasteiger partial charge in [0.15, 0.2) is 6.10 Å². The molecule has 0 aliphatic rings. The summed E-state index contributed by atoms with van der Waals surface area (Å²) >= 11 is 0. The zero-order valence-electron chi connectivity index (χ0n) is 13.3. The first-order valence-electron chi connectivity index (χ1n) is 7.49. The monoisotopic (exact) mass is 291 g/mol. The van der Waals surface area contributed by atoms with Crippen LogP contribution in [0.15, 0.2) is 24.3 Å². The van der Waals surface area contributed by atoms with Gasteiger partial charge in [0.2, 0.25) is 0 Å². The third-order valence-corrected chi connectivity index (χ3v) is 3.03. The van der Waals surface area contributed by atoms with Crippen LogP contribution in [0.2, 0.25) is 0 Å². The number of carbonyl (C=O) groups excluding carboxylic acids is 2. The Morgan fingerprint density at radius 3 is 2.57 bits per heavy atom.